The van der Waals surface area contributed by atoms with Gasteiger partial charge in [0.2, 0.25) is 0 Å². The van der Waals surface area contributed by atoms with Crippen LogP contribution >= 0.6 is 36.2 Å². The summed E-state index contributed by atoms with van der Waals surface area (Å²) in [5.74, 6) is 1.62. The van der Waals surface area contributed by atoms with Gasteiger partial charge in [0.25, 0.3) is 5.91 Å². The van der Waals surface area contributed by atoms with Crippen LogP contribution in [0.15, 0.2) is 16.5 Å². The molecule has 2 N–H and O–H groups in total. The highest BCUT2D eigenvalue weighted by Crippen LogP contribution is 2.30. The van der Waals surface area contributed by atoms with Crippen LogP contribution in [0.2, 0.25) is 0 Å². The van der Waals surface area contributed by atoms with Crippen LogP contribution in [-0.2, 0) is 4.74 Å². The molecule has 1 aliphatic rings. The van der Waals surface area contributed by atoms with Crippen LogP contribution in [0.5, 0.6) is 0 Å². The first-order valence-electron chi connectivity index (χ1n) is 8.73. The van der Waals surface area contributed by atoms with E-state index >= 15 is 0 Å². The third-order valence-electron chi connectivity index (χ3n) is 4.37. The van der Waals surface area contributed by atoms with E-state index < -0.39 is 0 Å². The third kappa shape index (κ3) is 5.93. The molecule has 0 atom stereocenters. The van der Waals surface area contributed by atoms with E-state index in [0.717, 1.165) is 54.6 Å². The molecule has 0 unspecified atom stereocenters. The Morgan fingerprint density at radius 2 is 2.04 bits per heavy atom. The van der Waals surface area contributed by atoms with E-state index in [9.17, 15) is 4.79 Å². The van der Waals surface area contributed by atoms with E-state index in [1.165, 1.54) is 11.3 Å². The molecule has 0 radical (unpaired) electrons. The lowest BCUT2D eigenvalue weighted by Crippen LogP contribution is -2.41. The number of amides is 1. The molecule has 1 saturated heterocycles. The number of piperidine rings is 1. The van der Waals surface area contributed by atoms with Crippen molar-refractivity contribution in [2.75, 3.05) is 26.2 Å². The second-order valence-electron chi connectivity index (χ2n) is 6.35. The molecule has 1 fully saturated rings. The van der Waals surface area contributed by atoms with Crippen molar-refractivity contribution >= 4 is 42.1 Å². The zero-order valence-corrected chi connectivity index (χ0v) is 18.1. The Bertz CT molecular complexity index is 727. The molecule has 1 amide bonds. The zero-order valence-electron chi connectivity index (χ0n) is 15.6. The van der Waals surface area contributed by atoms with Crippen molar-refractivity contribution in [2.45, 2.75) is 39.2 Å². The first kappa shape index (κ1) is 23.9. The van der Waals surface area contributed by atoms with Crippen LogP contribution in [0.3, 0.4) is 0 Å². The first-order chi connectivity index (χ1) is 12.1. The SMILES string of the molecule is Cc1ccc(-c2nc(C)c(C(=O)N3CCC(OCCCN)CC3)s2)o1.Cl.Cl. The molecule has 0 aromatic carbocycles. The summed E-state index contributed by atoms with van der Waals surface area (Å²) >= 11 is 1.40. The lowest BCUT2D eigenvalue weighted by Gasteiger charge is -2.31. The predicted octanol–water partition coefficient (Wildman–Crippen LogP) is 3.83. The maximum atomic E-state index is 12.8. The first-order valence-corrected chi connectivity index (χ1v) is 9.55. The number of carbonyl (C=O) groups is 1. The lowest BCUT2D eigenvalue weighted by atomic mass is 10.1. The van der Waals surface area contributed by atoms with Gasteiger partial charge in [-0.25, -0.2) is 4.98 Å². The highest BCUT2D eigenvalue weighted by atomic mass is 35.5. The summed E-state index contributed by atoms with van der Waals surface area (Å²) < 4.78 is 11.4. The normalized spacial score (nSPS) is 14.6. The molecule has 0 spiro atoms. The van der Waals surface area contributed by atoms with Crippen LogP contribution < -0.4 is 5.73 Å². The Kier molecular flexibility index (Phi) is 9.76. The van der Waals surface area contributed by atoms with Gasteiger partial charge in [0, 0.05) is 19.7 Å². The third-order valence-corrected chi connectivity index (χ3v) is 5.53. The topological polar surface area (TPSA) is 81.6 Å². The van der Waals surface area contributed by atoms with Gasteiger partial charge in [-0.2, -0.15) is 0 Å². The van der Waals surface area contributed by atoms with Crippen LogP contribution in [-0.4, -0.2) is 48.1 Å². The molecular weight excluding hydrogens is 409 g/mol. The van der Waals surface area contributed by atoms with Crippen LogP contribution in [0, 0.1) is 13.8 Å². The van der Waals surface area contributed by atoms with Crippen molar-refractivity contribution in [1.82, 2.24) is 9.88 Å². The maximum absolute atomic E-state index is 12.8. The number of hydrogen-bond donors (Lipinski definition) is 1. The molecule has 3 rings (SSSR count). The van der Waals surface area contributed by atoms with E-state index in [2.05, 4.69) is 4.98 Å². The van der Waals surface area contributed by atoms with Gasteiger partial charge in [0.15, 0.2) is 10.8 Å². The van der Waals surface area contributed by atoms with E-state index in [0.29, 0.717) is 18.0 Å². The van der Waals surface area contributed by atoms with Crippen molar-refractivity contribution in [3.05, 3.63) is 28.5 Å². The summed E-state index contributed by atoms with van der Waals surface area (Å²) in [6.45, 7) is 6.58. The van der Waals surface area contributed by atoms with Crippen LogP contribution in [0.25, 0.3) is 10.8 Å². The van der Waals surface area contributed by atoms with E-state index in [1.54, 1.807) is 0 Å². The van der Waals surface area contributed by atoms with Gasteiger partial charge in [0.05, 0.1) is 11.8 Å². The number of nitrogens with zero attached hydrogens (tertiary/aromatic N) is 2. The minimum Gasteiger partial charge on any atom is -0.459 e. The number of rotatable bonds is 6. The number of aryl methyl sites for hydroxylation is 2. The molecule has 2 aromatic rings. The molecule has 1 aliphatic heterocycles. The van der Waals surface area contributed by atoms with Crippen molar-refractivity contribution < 1.29 is 13.9 Å². The molecule has 27 heavy (non-hydrogen) atoms. The summed E-state index contributed by atoms with van der Waals surface area (Å²) in [6, 6.07) is 3.80. The predicted molar refractivity (Wildman–Crippen MR) is 112 cm³/mol. The second kappa shape index (κ2) is 11.0. The van der Waals surface area contributed by atoms with Gasteiger partial charge in [-0.3, -0.25) is 4.79 Å². The summed E-state index contributed by atoms with van der Waals surface area (Å²) in [4.78, 5) is 20.0. The largest absolute Gasteiger partial charge is 0.459 e. The molecule has 0 aliphatic carbocycles. The molecule has 152 valence electrons. The monoisotopic (exact) mass is 435 g/mol. The summed E-state index contributed by atoms with van der Waals surface area (Å²) in [5, 5.41) is 0.758. The quantitative estimate of drug-likeness (QED) is 0.696. The van der Waals surface area contributed by atoms with Gasteiger partial charge in [-0.15, -0.1) is 36.2 Å². The summed E-state index contributed by atoms with van der Waals surface area (Å²) in [6.07, 6.45) is 2.87. The molecule has 9 heteroatoms. The number of ether oxygens (including phenoxy) is 1. The minimum absolute atomic E-state index is 0. The summed E-state index contributed by atoms with van der Waals surface area (Å²) in [7, 11) is 0. The number of halogens is 2. The Morgan fingerprint density at radius 1 is 1.33 bits per heavy atom. The Morgan fingerprint density at radius 3 is 2.63 bits per heavy atom. The Balaban J connectivity index is 0.00000182. The standard InChI is InChI=1S/C18H25N3O3S.2ClH/c1-12-4-5-15(24-12)17-20-13(2)16(25-17)18(22)21-9-6-14(7-10-21)23-11-3-8-19;;/h4-5,14H,3,6-11,19H2,1-2H3;2*1H. The highest BCUT2D eigenvalue weighted by Gasteiger charge is 2.27. The van der Waals surface area contributed by atoms with Gasteiger partial charge in [0.1, 0.15) is 10.6 Å². The number of thiazole rings is 1. The van der Waals surface area contributed by atoms with E-state index in [1.807, 2.05) is 30.9 Å². The lowest BCUT2D eigenvalue weighted by molar-refractivity contribution is 0.00855. The number of furan rings is 1. The zero-order chi connectivity index (χ0) is 17.8. The number of likely N-dealkylation sites (tertiary alicyclic amines) is 1. The number of carbonyl (C=O) groups excluding carboxylic acids is 1. The molecule has 0 saturated carbocycles. The second-order valence-corrected chi connectivity index (χ2v) is 7.35. The van der Waals surface area contributed by atoms with Crippen molar-refractivity contribution in [1.29, 1.82) is 0 Å². The molecule has 2 aromatic heterocycles. The van der Waals surface area contributed by atoms with E-state index in [4.69, 9.17) is 14.9 Å². The molecule has 0 bridgehead atoms. The average molecular weight is 436 g/mol. The van der Waals surface area contributed by atoms with E-state index in [-0.39, 0.29) is 36.8 Å². The number of hydrogen-bond acceptors (Lipinski definition) is 6. The van der Waals surface area contributed by atoms with Crippen LogP contribution in [0.1, 0.15) is 40.4 Å². The van der Waals surface area contributed by atoms with Crippen molar-refractivity contribution in [3.8, 4) is 10.8 Å². The fraction of sp³-hybridized carbons (Fsp3) is 0.556. The molecular formula is C18H27Cl2N3O3S. The number of aromatic nitrogens is 1. The van der Waals surface area contributed by atoms with Gasteiger partial charge in [-0.1, -0.05) is 0 Å². The minimum atomic E-state index is 0. The Hall–Kier alpha value is -1.12. The van der Waals surface area contributed by atoms with Gasteiger partial charge < -0.3 is 19.8 Å². The fourth-order valence-electron chi connectivity index (χ4n) is 2.95. The van der Waals surface area contributed by atoms with Gasteiger partial charge >= 0.3 is 0 Å². The Labute approximate surface area is 176 Å². The van der Waals surface area contributed by atoms with Crippen molar-refractivity contribution in [3.63, 3.8) is 0 Å². The number of nitrogens with two attached hydrogens (primary N) is 1. The molecule has 3 heterocycles. The maximum Gasteiger partial charge on any atom is 0.265 e. The van der Waals surface area contributed by atoms with Crippen molar-refractivity contribution in [2.24, 2.45) is 5.73 Å². The average Bonchev–Trinajstić information content (AvgIpc) is 3.21. The highest BCUT2D eigenvalue weighted by molar-refractivity contribution is 7.17. The smallest absolute Gasteiger partial charge is 0.265 e. The fourth-order valence-corrected chi connectivity index (χ4v) is 3.95. The summed E-state index contributed by atoms with van der Waals surface area (Å²) in [5.41, 5.74) is 6.25. The van der Waals surface area contributed by atoms with Crippen LogP contribution in [0.4, 0.5) is 0 Å². The van der Waals surface area contributed by atoms with Gasteiger partial charge in [-0.05, 0) is 51.8 Å². The molecule has 6 nitrogen and oxygen atoms in total.